The summed E-state index contributed by atoms with van der Waals surface area (Å²) in [5.74, 6) is -0.618. The summed E-state index contributed by atoms with van der Waals surface area (Å²) in [6.07, 6.45) is 7.00. The lowest BCUT2D eigenvalue weighted by atomic mass is 10.0. The van der Waals surface area contributed by atoms with E-state index in [4.69, 9.17) is 0 Å². The largest absolute Gasteiger partial charge is 0.480 e. The highest BCUT2D eigenvalue weighted by Gasteiger charge is 2.38. The molecular formula is C13H22N2O2. The predicted octanol–water partition coefficient (Wildman–Crippen LogP) is 1.16. The van der Waals surface area contributed by atoms with Gasteiger partial charge in [0, 0.05) is 12.1 Å². The Labute approximate surface area is 103 Å². The Bertz CT molecular complexity index is 296. The van der Waals surface area contributed by atoms with Crippen LogP contribution in [0.25, 0.3) is 0 Å². The Morgan fingerprint density at radius 1 is 0.941 bits per heavy atom. The number of likely N-dealkylation sites (tertiary alicyclic amines) is 2. The average molecular weight is 238 g/mol. The van der Waals surface area contributed by atoms with Crippen molar-refractivity contribution in [2.45, 2.75) is 56.7 Å². The lowest BCUT2D eigenvalue weighted by Gasteiger charge is -2.38. The Balaban J connectivity index is 1.56. The highest BCUT2D eigenvalue weighted by atomic mass is 16.4. The van der Waals surface area contributed by atoms with Crippen molar-refractivity contribution in [1.29, 1.82) is 0 Å². The van der Waals surface area contributed by atoms with Gasteiger partial charge < -0.3 is 10.0 Å². The van der Waals surface area contributed by atoms with E-state index in [2.05, 4.69) is 9.80 Å². The number of carbonyl (C=O) groups is 1. The molecule has 3 rings (SSSR count). The topological polar surface area (TPSA) is 43.8 Å². The molecule has 3 aliphatic rings. The van der Waals surface area contributed by atoms with Crippen LogP contribution in [0, 0.1) is 0 Å². The average Bonchev–Trinajstić information content (AvgIpc) is 3.06. The normalized spacial score (nSPS) is 33.1. The third-order valence-electron chi connectivity index (χ3n) is 4.61. The standard InChI is InChI=1S/C13H22N2O2/c16-13(17)12-2-1-7-15(12)11-5-8-14(9-6-11)10-3-4-10/h10-12H,1-9H2,(H,16,17). The van der Waals surface area contributed by atoms with Crippen LogP contribution >= 0.6 is 0 Å². The maximum Gasteiger partial charge on any atom is 0.320 e. The maximum absolute atomic E-state index is 11.2. The first kappa shape index (κ1) is 11.5. The number of rotatable bonds is 3. The van der Waals surface area contributed by atoms with Crippen molar-refractivity contribution in [3.63, 3.8) is 0 Å². The summed E-state index contributed by atoms with van der Waals surface area (Å²) < 4.78 is 0. The van der Waals surface area contributed by atoms with E-state index >= 15 is 0 Å². The SMILES string of the molecule is O=C(O)C1CCCN1C1CCN(C2CC2)CC1. The molecule has 0 amide bonds. The second-order valence-corrected chi connectivity index (χ2v) is 5.73. The molecule has 3 fully saturated rings. The number of aliphatic carboxylic acids is 1. The first-order valence-electron chi connectivity index (χ1n) is 6.98. The van der Waals surface area contributed by atoms with Crippen LogP contribution < -0.4 is 0 Å². The fourth-order valence-electron chi connectivity index (χ4n) is 3.51. The fraction of sp³-hybridized carbons (Fsp3) is 0.923. The number of carboxylic acids is 1. The summed E-state index contributed by atoms with van der Waals surface area (Å²) in [7, 11) is 0. The number of nitrogens with zero attached hydrogens (tertiary/aromatic N) is 2. The van der Waals surface area contributed by atoms with Crippen LogP contribution in [-0.4, -0.2) is 58.6 Å². The maximum atomic E-state index is 11.2. The van der Waals surface area contributed by atoms with Crippen molar-refractivity contribution >= 4 is 5.97 Å². The molecule has 17 heavy (non-hydrogen) atoms. The molecule has 0 aromatic heterocycles. The van der Waals surface area contributed by atoms with Crippen molar-refractivity contribution in [3.8, 4) is 0 Å². The van der Waals surface area contributed by atoms with E-state index in [1.807, 2.05) is 0 Å². The smallest absolute Gasteiger partial charge is 0.320 e. The molecule has 0 bridgehead atoms. The van der Waals surface area contributed by atoms with Crippen molar-refractivity contribution in [2.24, 2.45) is 0 Å². The van der Waals surface area contributed by atoms with Gasteiger partial charge in [-0.2, -0.15) is 0 Å². The molecule has 2 aliphatic heterocycles. The van der Waals surface area contributed by atoms with Gasteiger partial charge >= 0.3 is 5.97 Å². The summed E-state index contributed by atoms with van der Waals surface area (Å²) >= 11 is 0. The Hall–Kier alpha value is -0.610. The first-order valence-corrected chi connectivity index (χ1v) is 6.98. The summed E-state index contributed by atoms with van der Waals surface area (Å²) in [6.45, 7) is 3.35. The fourth-order valence-corrected chi connectivity index (χ4v) is 3.51. The molecule has 0 aromatic rings. The molecule has 0 radical (unpaired) electrons. The molecule has 2 heterocycles. The van der Waals surface area contributed by atoms with Crippen molar-refractivity contribution in [2.75, 3.05) is 19.6 Å². The van der Waals surface area contributed by atoms with Crippen LogP contribution in [0.15, 0.2) is 0 Å². The van der Waals surface area contributed by atoms with E-state index in [9.17, 15) is 9.90 Å². The molecule has 4 heteroatoms. The van der Waals surface area contributed by atoms with Gasteiger partial charge in [-0.05, 0) is 58.2 Å². The number of carboxylic acid groups (broad SMARTS) is 1. The van der Waals surface area contributed by atoms with Gasteiger partial charge in [0.15, 0.2) is 0 Å². The van der Waals surface area contributed by atoms with Gasteiger partial charge in [-0.15, -0.1) is 0 Å². The van der Waals surface area contributed by atoms with E-state index < -0.39 is 5.97 Å². The molecular weight excluding hydrogens is 216 g/mol. The Kier molecular flexibility index (Phi) is 3.09. The molecule has 2 saturated heterocycles. The second kappa shape index (κ2) is 4.58. The van der Waals surface area contributed by atoms with Gasteiger partial charge in [0.25, 0.3) is 0 Å². The Morgan fingerprint density at radius 3 is 2.24 bits per heavy atom. The van der Waals surface area contributed by atoms with Crippen molar-refractivity contribution in [1.82, 2.24) is 9.80 Å². The zero-order chi connectivity index (χ0) is 11.8. The zero-order valence-corrected chi connectivity index (χ0v) is 10.3. The van der Waals surface area contributed by atoms with Crippen molar-refractivity contribution < 1.29 is 9.90 Å². The Morgan fingerprint density at radius 2 is 1.65 bits per heavy atom. The van der Waals surface area contributed by atoms with E-state index in [1.54, 1.807) is 0 Å². The van der Waals surface area contributed by atoms with Gasteiger partial charge in [0.05, 0.1) is 0 Å². The van der Waals surface area contributed by atoms with Gasteiger partial charge in [-0.3, -0.25) is 9.69 Å². The van der Waals surface area contributed by atoms with E-state index in [-0.39, 0.29) is 6.04 Å². The minimum atomic E-state index is -0.618. The molecule has 0 spiro atoms. The quantitative estimate of drug-likeness (QED) is 0.801. The lowest BCUT2D eigenvalue weighted by molar-refractivity contribution is -0.143. The number of piperidine rings is 1. The van der Waals surface area contributed by atoms with Crippen molar-refractivity contribution in [3.05, 3.63) is 0 Å². The minimum absolute atomic E-state index is 0.201. The molecule has 1 atom stereocenters. The van der Waals surface area contributed by atoms with Gasteiger partial charge in [0.2, 0.25) is 0 Å². The molecule has 1 aliphatic carbocycles. The highest BCUT2D eigenvalue weighted by molar-refractivity contribution is 5.73. The van der Waals surface area contributed by atoms with Crippen LogP contribution in [0.5, 0.6) is 0 Å². The highest BCUT2D eigenvalue weighted by Crippen LogP contribution is 2.32. The summed E-state index contributed by atoms with van der Waals surface area (Å²) in [6, 6.07) is 1.19. The van der Waals surface area contributed by atoms with Gasteiger partial charge in [-0.1, -0.05) is 0 Å². The number of hydrogen-bond donors (Lipinski definition) is 1. The number of hydrogen-bond acceptors (Lipinski definition) is 3. The summed E-state index contributed by atoms with van der Waals surface area (Å²) in [4.78, 5) is 16.0. The van der Waals surface area contributed by atoms with Gasteiger partial charge in [0.1, 0.15) is 6.04 Å². The lowest BCUT2D eigenvalue weighted by Crippen LogP contribution is -2.49. The second-order valence-electron chi connectivity index (χ2n) is 5.73. The molecule has 4 nitrogen and oxygen atoms in total. The monoisotopic (exact) mass is 238 g/mol. The molecule has 1 unspecified atom stereocenters. The summed E-state index contributed by atoms with van der Waals surface area (Å²) in [5.41, 5.74) is 0. The van der Waals surface area contributed by atoms with E-state index in [0.29, 0.717) is 6.04 Å². The molecule has 1 saturated carbocycles. The third-order valence-corrected chi connectivity index (χ3v) is 4.61. The zero-order valence-electron chi connectivity index (χ0n) is 10.3. The predicted molar refractivity (Wildman–Crippen MR) is 65.0 cm³/mol. The van der Waals surface area contributed by atoms with Crippen LogP contribution in [0.1, 0.15) is 38.5 Å². The molecule has 1 N–H and O–H groups in total. The van der Waals surface area contributed by atoms with Crippen LogP contribution in [0.4, 0.5) is 0 Å². The minimum Gasteiger partial charge on any atom is -0.480 e. The molecule has 0 aromatic carbocycles. The summed E-state index contributed by atoms with van der Waals surface area (Å²) in [5, 5.41) is 9.21. The third kappa shape index (κ3) is 2.33. The van der Waals surface area contributed by atoms with E-state index in [0.717, 1.165) is 25.4 Å². The van der Waals surface area contributed by atoms with Crippen LogP contribution in [0.3, 0.4) is 0 Å². The van der Waals surface area contributed by atoms with Crippen LogP contribution in [0.2, 0.25) is 0 Å². The van der Waals surface area contributed by atoms with E-state index in [1.165, 1.54) is 38.8 Å². The molecule has 96 valence electrons. The van der Waals surface area contributed by atoms with Crippen LogP contribution in [-0.2, 0) is 4.79 Å². The first-order chi connectivity index (χ1) is 8.25. The van der Waals surface area contributed by atoms with Gasteiger partial charge in [-0.25, -0.2) is 0 Å².